The number of unbranched alkanes of at least 4 members (excludes halogenated alkanes) is 3. The van der Waals surface area contributed by atoms with E-state index in [0.29, 0.717) is 30.8 Å². The van der Waals surface area contributed by atoms with Gasteiger partial charge >= 0.3 is 57.4 Å². The van der Waals surface area contributed by atoms with E-state index in [9.17, 15) is 33.6 Å². The number of nitrogens with one attached hydrogen (secondary N) is 5. The molecule has 250 valence electrons. The first-order valence-corrected chi connectivity index (χ1v) is 14.7. The molecular weight excluding hydrogens is 625 g/mol. The molecule has 0 saturated carbocycles. The van der Waals surface area contributed by atoms with Gasteiger partial charge in [0.15, 0.2) is 0 Å². The summed E-state index contributed by atoms with van der Waals surface area (Å²) in [4.78, 5) is 78.0. The van der Waals surface area contributed by atoms with Gasteiger partial charge in [-0.15, -0.1) is 0 Å². The largest absolute Gasteiger partial charge is 1.00 e. The fraction of sp³-hybridized carbons (Fsp3) is 0.500. The van der Waals surface area contributed by atoms with E-state index in [4.69, 9.17) is 11.5 Å². The predicted octanol–water partition coefficient (Wildman–Crippen LogP) is -0.239. The summed E-state index contributed by atoms with van der Waals surface area (Å²) in [6.45, 7) is 8.65. The molecule has 0 aliphatic carbocycles. The minimum Gasteiger partial charge on any atom is -0.632 e. The molecule has 1 aliphatic rings. The number of rotatable bonds is 16. The summed E-state index contributed by atoms with van der Waals surface area (Å²) in [5, 5.41) is 9.91. The van der Waals surface area contributed by atoms with Crippen molar-refractivity contribution in [2.24, 2.45) is 11.7 Å². The van der Waals surface area contributed by atoms with Crippen LogP contribution in [0, 0.1) is 5.92 Å². The molecule has 0 fully saturated rings. The first kappa shape index (κ1) is 44.8. The van der Waals surface area contributed by atoms with Gasteiger partial charge in [-0.2, -0.15) is 0 Å². The smallest absolute Gasteiger partial charge is 0.632 e. The van der Waals surface area contributed by atoms with E-state index >= 15 is 0 Å². The summed E-state index contributed by atoms with van der Waals surface area (Å²) in [5.41, 5.74) is 12.6. The van der Waals surface area contributed by atoms with E-state index in [2.05, 4.69) is 32.9 Å². The van der Waals surface area contributed by atoms with E-state index in [1.807, 2.05) is 6.92 Å². The van der Waals surface area contributed by atoms with Crippen molar-refractivity contribution in [3.8, 4) is 0 Å². The Bertz CT molecular complexity index is 1130. The number of hydrogen-bond acceptors (Lipinski definition) is 8. The summed E-state index contributed by atoms with van der Waals surface area (Å²) in [5.74, 6) is -1.31. The minimum atomic E-state index is -1.11. The number of benzene rings is 1. The predicted molar refractivity (Wildman–Crippen MR) is 168 cm³/mol. The molecule has 7 N–H and O–H groups in total. The van der Waals surface area contributed by atoms with Crippen LogP contribution < -0.4 is 78.4 Å². The molecule has 0 aromatic heterocycles. The number of nitrogens with zero attached hydrogens (tertiary/aromatic N) is 1. The van der Waals surface area contributed by atoms with Crippen LogP contribution in [0.25, 0.3) is 5.73 Å². The maximum atomic E-state index is 11.9. The number of nitrogens with two attached hydrogens (primary N) is 1. The van der Waals surface area contributed by atoms with E-state index in [-0.39, 0.29) is 82.3 Å². The summed E-state index contributed by atoms with van der Waals surface area (Å²) in [6, 6.07) is 5.35. The van der Waals surface area contributed by atoms with Gasteiger partial charge in [0.25, 0.3) is 11.8 Å². The van der Waals surface area contributed by atoms with E-state index in [1.54, 1.807) is 38.1 Å². The summed E-state index contributed by atoms with van der Waals surface area (Å²) >= 11 is 0. The number of carbonyl (C=O) groups excluding carboxylic acids is 7. The third-order valence-electron chi connectivity index (χ3n) is 5.91. The molecule has 1 aromatic rings. The Balaban J connectivity index is 0. The molecule has 0 saturated heterocycles. The number of amides is 8. The molecule has 0 radical (unpaired) electrons. The SMILES string of the molecule is CC(C)C(NC=O)C(=O)NCC(=O)Nc1ccc(COC([NH-])=O)cc1.CCCCCCN1C(=O)C=CC1=O.CCCNC(N)=O.[K+]. The first-order valence-electron chi connectivity index (χ1n) is 14.7. The van der Waals surface area contributed by atoms with Gasteiger partial charge in [0.1, 0.15) is 12.6 Å². The van der Waals surface area contributed by atoms with Crippen molar-refractivity contribution in [3.63, 3.8) is 0 Å². The fourth-order valence-electron chi connectivity index (χ4n) is 3.56. The third kappa shape index (κ3) is 21.4. The zero-order valence-electron chi connectivity index (χ0n) is 27.4. The monoisotopic (exact) mass is 671 g/mol. The third-order valence-corrected chi connectivity index (χ3v) is 5.91. The van der Waals surface area contributed by atoms with Crippen molar-refractivity contribution in [2.45, 2.75) is 72.4 Å². The first-order chi connectivity index (χ1) is 21.4. The van der Waals surface area contributed by atoms with Crippen LogP contribution in [0.5, 0.6) is 0 Å². The maximum Gasteiger partial charge on any atom is 1.00 e. The zero-order chi connectivity index (χ0) is 34.2. The molecule has 1 unspecified atom stereocenters. The summed E-state index contributed by atoms with van der Waals surface area (Å²) < 4.78 is 4.54. The average molecular weight is 672 g/mol. The van der Waals surface area contributed by atoms with Gasteiger partial charge in [0.2, 0.25) is 24.3 Å². The van der Waals surface area contributed by atoms with Crippen LogP contribution in [-0.4, -0.2) is 72.7 Å². The molecule has 0 spiro atoms. The van der Waals surface area contributed by atoms with Crippen molar-refractivity contribution < 1.29 is 89.7 Å². The number of ether oxygens (including phenoxy) is 1. The Labute approximate surface area is 312 Å². The molecule has 1 aliphatic heterocycles. The van der Waals surface area contributed by atoms with Crippen molar-refractivity contribution >= 4 is 47.9 Å². The summed E-state index contributed by atoms with van der Waals surface area (Å²) in [6.07, 6.45) is 7.29. The number of hydrogen-bond donors (Lipinski definition) is 5. The topological polar surface area (TPSA) is 230 Å². The number of urea groups is 1. The fourth-order valence-corrected chi connectivity index (χ4v) is 3.56. The minimum absolute atomic E-state index is 0. The maximum absolute atomic E-state index is 11.9. The van der Waals surface area contributed by atoms with Crippen molar-refractivity contribution in [2.75, 3.05) is 25.0 Å². The van der Waals surface area contributed by atoms with Gasteiger partial charge in [-0.3, -0.25) is 33.7 Å². The Morgan fingerprint density at radius 2 is 1.57 bits per heavy atom. The van der Waals surface area contributed by atoms with Crippen LogP contribution in [0.3, 0.4) is 0 Å². The van der Waals surface area contributed by atoms with Crippen LogP contribution in [0.15, 0.2) is 36.4 Å². The van der Waals surface area contributed by atoms with E-state index in [0.717, 1.165) is 19.3 Å². The zero-order valence-corrected chi connectivity index (χ0v) is 30.5. The molecule has 1 atom stereocenters. The number of anilines is 1. The molecule has 8 amide bonds. The van der Waals surface area contributed by atoms with Gasteiger partial charge in [-0.1, -0.05) is 59.1 Å². The molecule has 46 heavy (non-hydrogen) atoms. The standard InChI is InChI=1S/C16H22N4O5.C10H15NO2.C4H10N2O.K/c1-10(2)14(19-9-21)15(23)18-7-13(22)20-12-5-3-11(4-6-12)8-25-16(17)24;1-2-3-4-5-8-11-9(12)6-7-10(11)13;1-2-3-6-4(5)7;/h3-6,9-10,14H,7-8H2,1-2H3,(H5,17,18,19,20,21,22,23,24);6-7H,2-5,8H2,1H3;2-3H2,1H3,(H3,5,6,7);/q;;;+1/p-1. The van der Waals surface area contributed by atoms with Gasteiger partial charge < -0.3 is 37.5 Å². The Hall–Kier alpha value is -3.31. The van der Waals surface area contributed by atoms with Crippen LogP contribution in [0.4, 0.5) is 15.3 Å². The van der Waals surface area contributed by atoms with Crippen molar-refractivity contribution in [1.29, 1.82) is 0 Å². The van der Waals surface area contributed by atoms with E-state index < -0.39 is 30.0 Å². The molecule has 0 bridgehead atoms. The molecule has 16 heteroatoms. The van der Waals surface area contributed by atoms with Crippen molar-refractivity contribution in [3.05, 3.63) is 47.7 Å². The molecular formula is C30H46KN7O8. The molecule has 1 aromatic carbocycles. The quantitative estimate of drug-likeness (QED) is 0.0680. The Morgan fingerprint density at radius 1 is 0.957 bits per heavy atom. The second-order valence-corrected chi connectivity index (χ2v) is 10.1. The second-order valence-electron chi connectivity index (χ2n) is 10.1. The van der Waals surface area contributed by atoms with Gasteiger partial charge in [-0.25, -0.2) is 4.79 Å². The number of imide groups is 1. The van der Waals surface area contributed by atoms with Crippen LogP contribution in [0.1, 0.15) is 65.4 Å². The molecule has 1 heterocycles. The molecule has 15 nitrogen and oxygen atoms in total. The van der Waals surface area contributed by atoms with Gasteiger partial charge in [0.05, 0.1) is 6.54 Å². The molecule has 2 rings (SSSR count). The Kier molecular flexibility index (Phi) is 26.2. The normalized spacial score (nSPS) is 11.9. The van der Waals surface area contributed by atoms with Gasteiger partial charge in [-0.05, 0) is 36.5 Å². The number of carbonyl (C=O) groups is 7. The van der Waals surface area contributed by atoms with Gasteiger partial charge in [0, 0.05) is 30.9 Å². The Morgan fingerprint density at radius 3 is 2.02 bits per heavy atom. The van der Waals surface area contributed by atoms with Crippen LogP contribution in [0.2, 0.25) is 0 Å². The number of primary amides is 1. The van der Waals surface area contributed by atoms with Crippen LogP contribution in [-0.2, 0) is 35.3 Å². The van der Waals surface area contributed by atoms with Crippen LogP contribution >= 0.6 is 0 Å². The second kappa shape index (κ2) is 26.9. The van der Waals surface area contributed by atoms with E-state index in [1.165, 1.54) is 29.9 Å². The summed E-state index contributed by atoms with van der Waals surface area (Å²) in [7, 11) is 0. The van der Waals surface area contributed by atoms with Crippen molar-refractivity contribution in [1.82, 2.24) is 20.9 Å². The average Bonchev–Trinajstić information content (AvgIpc) is 3.32.